The first-order valence-electron chi connectivity index (χ1n) is 7.03. The van der Waals surface area contributed by atoms with Crippen LogP contribution in [-0.4, -0.2) is 54.9 Å². The molecule has 1 fully saturated rings. The lowest BCUT2D eigenvalue weighted by Gasteiger charge is -2.34. The lowest BCUT2D eigenvalue weighted by atomic mass is 10.1. The first-order valence-corrected chi connectivity index (χ1v) is 7.78. The average Bonchev–Trinajstić information content (AvgIpc) is 2.44. The highest BCUT2D eigenvalue weighted by Crippen LogP contribution is 2.23. The molecule has 3 nitrogen and oxygen atoms in total. The van der Waals surface area contributed by atoms with Crippen molar-refractivity contribution < 1.29 is 4.79 Å². The Kier molecular flexibility index (Phi) is 5.85. The summed E-state index contributed by atoms with van der Waals surface area (Å²) in [5.74, 6) is 0.104. The standard InChI is InChI=1S/C15H20Cl2N2O/c1-2-5-18-6-8-19(9-7-18)11-15(20)12-3-4-13(16)14(17)10-12/h3-4,10H,2,5-9,11H2,1H3. The van der Waals surface area contributed by atoms with Gasteiger partial charge in [0.2, 0.25) is 0 Å². The predicted octanol–water partition coefficient (Wildman–Crippen LogP) is 3.20. The molecule has 0 spiro atoms. The Labute approximate surface area is 130 Å². The van der Waals surface area contributed by atoms with Crippen molar-refractivity contribution in [3.63, 3.8) is 0 Å². The Morgan fingerprint density at radius 2 is 1.75 bits per heavy atom. The van der Waals surface area contributed by atoms with Crippen molar-refractivity contribution in [2.24, 2.45) is 0 Å². The molecule has 1 aromatic carbocycles. The van der Waals surface area contributed by atoms with E-state index in [-0.39, 0.29) is 5.78 Å². The van der Waals surface area contributed by atoms with Crippen LogP contribution in [0.25, 0.3) is 0 Å². The zero-order chi connectivity index (χ0) is 14.5. The van der Waals surface area contributed by atoms with Crippen LogP contribution in [0.2, 0.25) is 10.0 Å². The quantitative estimate of drug-likeness (QED) is 0.780. The Morgan fingerprint density at radius 3 is 2.35 bits per heavy atom. The lowest BCUT2D eigenvalue weighted by molar-refractivity contribution is 0.0853. The SMILES string of the molecule is CCCN1CCN(CC(=O)c2ccc(Cl)c(Cl)c2)CC1. The highest BCUT2D eigenvalue weighted by molar-refractivity contribution is 6.42. The number of carbonyl (C=O) groups excluding carboxylic acids is 1. The van der Waals surface area contributed by atoms with Gasteiger partial charge in [-0.2, -0.15) is 0 Å². The van der Waals surface area contributed by atoms with Gasteiger partial charge in [-0.25, -0.2) is 0 Å². The third-order valence-electron chi connectivity index (χ3n) is 3.61. The summed E-state index contributed by atoms with van der Waals surface area (Å²) in [5.41, 5.74) is 0.635. The van der Waals surface area contributed by atoms with Gasteiger partial charge in [-0.15, -0.1) is 0 Å². The molecular weight excluding hydrogens is 295 g/mol. The maximum absolute atomic E-state index is 12.2. The molecule has 5 heteroatoms. The average molecular weight is 315 g/mol. The van der Waals surface area contributed by atoms with E-state index in [0.29, 0.717) is 22.2 Å². The number of benzene rings is 1. The highest BCUT2D eigenvalue weighted by Gasteiger charge is 2.19. The van der Waals surface area contributed by atoms with E-state index in [4.69, 9.17) is 23.2 Å². The molecule has 0 atom stereocenters. The summed E-state index contributed by atoms with van der Waals surface area (Å²) in [6, 6.07) is 5.07. The van der Waals surface area contributed by atoms with E-state index in [1.165, 1.54) is 6.42 Å². The molecule has 0 N–H and O–H groups in total. The van der Waals surface area contributed by atoms with Crippen molar-refractivity contribution >= 4 is 29.0 Å². The molecule has 1 aromatic rings. The van der Waals surface area contributed by atoms with Crippen LogP contribution in [0.3, 0.4) is 0 Å². The highest BCUT2D eigenvalue weighted by atomic mass is 35.5. The lowest BCUT2D eigenvalue weighted by Crippen LogP contribution is -2.47. The minimum absolute atomic E-state index is 0.104. The van der Waals surface area contributed by atoms with E-state index >= 15 is 0 Å². The molecule has 0 amide bonds. The zero-order valence-corrected chi connectivity index (χ0v) is 13.3. The van der Waals surface area contributed by atoms with Gasteiger partial charge in [0.05, 0.1) is 16.6 Å². The molecule has 20 heavy (non-hydrogen) atoms. The molecular formula is C15H20Cl2N2O. The fraction of sp³-hybridized carbons (Fsp3) is 0.533. The number of nitrogens with zero attached hydrogens (tertiary/aromatic N) is 2. The van der Waals surface area contributed by atoms with Gasteiger partial charge in [0.1, 0.15) is 0 Å². The number of hydrogen-bond donors (Lipinski definition) is 0. The minimum atomic E-state index is 0.104. The Bertz CT molecular complexity index is 471. The summed E-state index contributed by atoms with van der Waals surface area (Å²) >= 11 is 11.8. The summed E-state index contributed by atoms with van der Waals surface area (Å²) in [7, 11) is 0. The fourth-order valence-corrected chi connectivity index (χ4v) is 2.75. The van der Waals surface area contributed by atoms with Crippen molar-refractivity contribution in [1.82, 2.24) is 9.80 Å². The molecule has 110 valence electrons. The van der Waals surface area contributed by atoms with Crippen LogP contribution in [0.4, 0.5) is 0 Å². The third kappa shape index (κ3) is 4.19. The Balaban J connectivity index is 1.87. The number of halogens is 2. The topological polar surface area (TPSA) is 23.6 Å². The van der Waals surface area contributed by atoms with Gasteiger partial charge >= 0.3 is 0 Å². The molecule has 1 aliphatic heterocycles. The number of hydrogen-bond acceptors (Lipinski definition) is 3. The van der Waals surface area contributed by atoms with E-state index in [2.05, 4.69) is 16.7 Å². The van der Waals surface area contributed by atoms with E-state index in [1.54, 1.807) is 18.2 Å². The monoisotopic (exact) mass is 314 g/mol. The molecule has 1 heterocycles. The van der Waals surface area contributed by atoms with Crippen molar-refractivity contribution in [3.05, 3.63) is 33.8 Å². The normalized spacial score (nSPS) is 17.4. The van der Waals surface area contributed by atoms with Gasteiger partial charge < -0.3 is 4.90 Å². The summed E-state index contributed by atoms with van der Waals surface area (Å²) in [6.45, 7) is 7.79. The van der Waals surface area contributed by atoms with Crippen molar-refractivity contribution in [2.45, 2.75) is 13.3 Å². The van der Waals surface area contributed by atoms with Gasteiger partial charge in [0, 0.05) is 31.7 Å². The first kappa shape index (κ1) is 15.8. The smallest absolute Gasteiger partial charge is 0.176 e. The second kappa shape index (κ2) is 7.41. The van der Waals surface area contributed by atoms with E-state index in [1.807, 2.05) is 0 Å². The molecule has 2 rings (SSSR count). The molecule has 0 aliphatic carbocycles. The van der Waals surface area contributed by atoms with E-state index in [9.17, 15) is 4.79 Å². The van der Waals surface area contributed by atoms with Gasteiger partial charge in [-0.05, 0) is 31.2 Å². The van der Waals surface area contributed by atoms with Crippen LogP contribution in [0.5, 0.6) is 0 Å². The predicted molar refractivity (Wildman–Crippen MR) is 84.0 cm³/mol. The van der Waals surface area contributed by atoms with Gasteiger partial charge in [-0.3, -0.25) is 9.69 Å². The number of piperazine rings is 1. The van der Waals surface area contributed by atoms with Crippen LogP contribution in [0.1, 0.15) is 23.7 Å². The van der Waals surface area contributed by atoms with Gasteiger partial charge in [0.25, 0.3) is 0 Å². The van der Waals surface area contributed by atoms with Crippen LogP contribution in [0.15, 0.2) is 18.2 Å². The summed E-state index contributed by atoms with van der Waals surface area (Å²) in [4.78, 5) is 16.9. The molecule has 0 unspecified atom stereocenters. The number of ketones is 1. The van der Waals surface area contributed by atoms with Crippen molar-refractivity contribution in [2.75, 3.05) is 39.3 Å². The second-order valence-corrected chi connectivity index (χ2v) is 5.98. The molecule has 0 aromatic heterocycles. The molecule has 0 radical (unpaired) electrons. The summed E-state index contributed by atoms with van der Waals surface area (Å²) < 4.78 is 0. The summed E-state index contributed by atoms with van der Waals surface area (Å²) in [5, 5.41) is 0.918. The largest absolute Gasteiger partial charge is 0.301 e. The van der Waals surface area contributed by atoms with E-state index in [0.717, 1.165) is 32.7 Å². The number of Topliss-reactive ketones (excluding diaryl/α,β-unsaturated/α-hetero) is 1. The maximum Gasteiger partial charge on any atom is 0.176 e. The first-order chi connectivity index (χ1) is 9.60. The molecule has 0 saturated carbocycles. The molecule has 1 aliphatic rings. The van der Waals surface area contributed by atoms with Crippen LogP contribution in [0, 0.1) is 0 Å². The Morgan fingerprint density at radius 1 is 1.10 bits per heavy atom. The van der Waals surface area contributed by atoms with Gasteiger partial charge in [-0.1, -0.05) is 30.1 Å². The maximum atomic E-state index is 12.2. The van der Waals surface area contributed by atoms with Crippen molar-refractivity contribution in [1.29, 1.82) is 0 Å². The molecule has 0 bridgehead atoms. The number of carbonyl (C=O) groups is 1. The molecule has 1 saturated heterocycles. The van der Waals surface area contributed by atoms with Gasteiger partial charge in [0.15, 0.2) is 5.78 Å². The minimum Gasteiger partial charge on any atom is -0.301 e. The second-order valence-electron chi connectivity index (χ2n) is 5.17. The van der Waals surface area contributed by atoms with E-state index < -0.39 is 0 Å². The number of rotatable bonds is 5. The van der Waals surface area contributed by atoms with Crippen molar-refractivity contribution in [3.8, 4) is 0 Å². The Hall–Kier alpha value is -0.610. The third-order valence-corrected chi connectivity index (χ3v) is 4.35. The van der Waals surface area contributed by atoms with Crippen LogP contribution in [-0.2, 0) is 0 Å². The summed E-state index contributed by atoms with van der Waals surface area (Å²) in [6.07, 6.45) is 1.18. The van der Waals surface area contributed by atoms with Crippen LogP contribution < -0.4 is 0 Å². The van der Waals surface area contributed by atoms with Crippen LogP contribution >= 0.6 is 23.2 Å². The fourth-order valence-electron chi connectivity index (χ4n) is 2.45. The zero-order valence-electron chi connectivity index (χ0n) is 11.7.